The summed E-state index contributed by atoms with van der Waals surface area (Å²) in [4.78, 5) is 30.1. The van der Waals surface area contributed by atoms with Crippen LogP contribution in [0.1, 0.15) is 17.0 Å². The van der Waals surface area contributed by atoms with Crippen molar-refractivity contribution in [3.05, 3.63) is 113 Å². The number of benzene rings is 3. The summed E-state index contributed by atoms with van der Waals surface area (Å²) < 4.78 is 7.46. The van der Waals surface area contributed by atoms with Gasteiger partial charge in [-0.1, -0.05) is 66.7 Å². The lowest BCUT2D eigenvalue weighted by Gasteiger charge is -2.27. The number of fused-ring (bicyclic) bond motifs is 2. The molecule has 0 radical (unpaired) electrons. The van der Waals surface area contributed by atoms with Crippen LogP contribution in [0.15, 0.2) is 96.1 Å². The van der Waals surface area contributed by atoms with E-state index in [4.69, 9.17) is 4.74 Å². The number of amides is 1. The van der Waals surface area contributed by atoms with E-state index in [9.17, 15) is 9.59 Å². The van der Waals surface area contributed by atoms with Crippen molar-refractivity contribution in [2.24, 2.45) is 0 Å². The van der Waals surface area contributed by atoms with Gasteiger partial charge in [-0.05, 0) is 12.1 Å². The highest BCUT2D eigenvalue weighted by molar-refractivity contribution is 5.89. The monoisotopic (exact) mass is 423 g/mol. The summed E-state index contributed by atoms with van der Waals surface area (Å²) in [5.41, 5.74) is 3.02. The fourth-order valence-electron chi connectivity index (χ4n) is 3.95. The van der Waals surface area contributed by atoms with E-state index in [1.165, 1.54) is 17.0 Å². The molecule has 0 saturated heterocycles. The number of para-hydroxylation sites is 2. The van der Waals surface area contributed by atoms with Gasteiger partial charge < -0.3 is 10.1 Å². The smallest absolute Gasteiger partial charge is 0.253 e. The average Bonchev–Trinajstić information content (AvgIpc) is 2.84. The average molecular weight is 423 g/mol. The Hall–Kier alpha value is -4.19. The molecule has 0 spiro atoms. The maximum Gasteiger partial charge on any atom is 0.253 e. The molecule has 2 heterocycles. The zero-order valence-electron chi connectivity index (χ0n) is 17.3. The van der Waals surface area contributed by atoms with Crippen molar-refractivity contribution in [3.8, 4) is 22.8 Å². The van der Waals surface area contributed by atoms with Gasteiger partial charge in [0.2, 0.25) is 5.91 Å². The number of aromatic nitrogens is 2. The number of hydrogen-bond acceptors (Lipinski definition) is 4. The summed E-state index contributed by atoms with van der Waals surface area (Å²) in [5, 5.41) is 2.97. The van der Waals surface area contributed by atoms with Gasteiger partial charge in [-0.15, -0.1) is 0 Å². The van der Waals surface area contributed by atoms with Crippen LogP contribution >= 0.6 is 0 Å². The van der Waals surface area contributed by atoms with Crippen LogP contribution in [0.2, 0.25) is 0 Å². The Balaban J connectivity index is 1.31. The van der Waals surface area contributed by atoms with Gasteiger partial charge in [0.05, 0.1) is 17.9 Å². The Morgan fingerprint density at radius 2 is 1.53 bits per heavy atom. The van der Waals surface area contributed by atoms with E-state index in [2.05, 4.69) is 10.3 Å². The van der Waals surface area contributed by atoms with E-state index in [-0.39, 0.29) is 11.5 Å². The molecule has 1 aliphatic heterocycles. The van der Waals surface area contributed by atoms with Crippen LogP contribution in [0.25, 0.3) is 11.3 Å². The maximum absolute atomic E-state index is 13.2. The first-order valence-corrected chi connectivity index (χ1v) is 10.5. The first-order valence-electron chi connectivity index (χ1n) is 10.5. The molecular formula is C26H21N3O3. The van der Waals surface area contributed by atoms with Gasteiger partial charge in [0, 0.05) is 35.8 Å². The van der Waals surface area contributed by atoms with Gasteiger partial charge in [0.1, 0.15) is 11.5 Å². The predicted molar refractivity (Wildman–Crippen MR) is 122 cm³/mol. The zero-order valence-corrected chi connectivity index (χ0v) is 17.3. The van der Waals surface area contributed by atoms with E-state index < -0.39 is 5.92 Å². The van der Waals surface area contributed by atoms with Gasteiger partial charge in [0.25, 0.3) is 5.56 Å². The fraction of sp³-hybridized carbons (Fsp3) is 0.115. The molecule has 1 aromatic heterocycles. The molecule has 1 N–H and O–H groups in total. The molecule has 0 unspecified atom stereocenters. The number of carbonyl (C=O) groups excluding carboxylic acids is 1. The Kier molecular flexibility index (Phi) is 5.25. The summed E-state index contributed by atoms with van der Waals surface area (Å²) in [7, 11) is 0. The van der Waals surface area contributed by atoms with E-state index in [1.807, 2.05) is 78.9 Å². The molecule has 5 rings (SSSR count). The molecule has 0 aliphatic carbocycles. The van der Waals surface area contributed by atoms with Crippen molar-refractivity contribution >= 4 is 5.91 Å². The molecular weight excluding hydrogens is 402 g/mol. The fourth-order valence-corrected chi connectivity index (χ4v) is 3.95. The third-order valence-electron chi connectivity index (χ3n) is 5.54. The molecule has 1 aliphatic rings. The van der Waals surface area contributed by atoms with Gasteiger partial charge in [-0.2, -0.15) is 0 Å². The Bertz CT molecular complexity index is 1290. The van der Waals surface area contributed by atoms with Gasteiger partial charge in [-0.25, -0.2) is 4.98 Å². The highest BCUT2D eigenvalue weighted by Gasteiger charge is 2.32. The van der Waals surface area contributed by atoms with Gasteiger partial charge in [-0.3, -0.25) is 14.2 Å². The van der Waals surface area contributed by atoms with E-state index in [1.54, 1.807) is 0 Å². The number of nitrogens with zero attached hydrogens (tertiary/aromatic N) is 2. The van der Waals surface area contributed by atoms with Crippen LogP contribution in [0.5, 0.6) is 11.5 Å². The van der Waals surface area contributed by atoms with Crippen LogP contribution in [-0.2, 0) is 11.3 Å². The molecule has 1 amide bonds. The second-order valence-corrected chi connectivity index (χ2v) is 7.57. The minimum atomic E-state index is -0.466. The van der Waals surface area contributed by atoms with Crippen molar-refractivity contribution in [2.45, 2.75) is 12.5 Å². The molecule has 0 atom stereocenters. The molecule has 6 nitrogen and oxygen atoms in total. The SMILES string of the molecule is O=C(NCCn1cnc(-c2ccccc2)cc1=O)C1c2ccccc2Oc2ccccc21. The third kappa shape index (κ3) is 3.78. The predicted octanol–water partition coefficient (Wildman–Crippen LogP) is 3.96. The first kappa shape index (κ1) is 19.8. The van der Waals surface area contributed by atoms with E-state index in [0.717, 1.165) is 16.7 Å². The maximum atomic E-state index is 13.2. The number of hydrogen-bond donors (Lipinski definition) is 1. The lowest BCUT2D eigenvalue weighted by atomic mass is 9.87. The van der Waals surface area contributed by atoms with Gasteiger partial charge >= 0.3 is 0 Å². The van der Waals surface area contributed by atoms with Crippen molar-refractivity contribution in [2.75, 3.05) is 6.54 Å². The number of nitrogens with one attached hydrogen (secondary N) is 1. The standard InChI is InChI=1S/C26H21N3O3/c30-24-16-21(18-8-2-1-3-9-18)28-17-29(24)15-14-27-26(31)25-19-10-4-6-12-22(19)32-23-13-7-5-11-20(23)25/h1-13,16-17,25H,14-15H2,(H,27,31). The minimum Gasteiger partial charge on any atom is -0.457 e. The van der Waals surface area contributed by atoms with Crippen molar-refractivity contribution in [1.29, 1.82) is 0 Å². The molecule has 3 aromatic carbocycles. The summed E-state index contributed by atoms with van der Waals surface area (Å²) in [6.45, 7) is 0.645. The summed E-state index contributed by atoms with van der Waals surface area (Å²) in [6.07, 6.45) is 1.52. The third-order valence-corrected chi connectivity index (χ3v) is 5.54. The van der Waals surface area contributed by atoms with Crippen LogP contribution < -0.4 is 15.6 Å². The molecule has 158 valence electrons. The summed E-state index contributed by atoms with van der Waals surface area (Å²) in [6, 6.07) is 26.2. The quantitative estimate of drug-likeness (QED) is 0.527. The lowest BCUT2D eigenvalue weighted by Crippen LogP contribution is -2.35. The molecule has 4 aromatic rings. The minimum absolute atomic E-state index is 0.130. The van der Waals surface area contributed by atoms with Crippen molar-refractivity contribution < 1.29 is 9.53 Å². The number of ether oxygens (including phenoxy) is 1. The summed E-state index contributed by atoms with van der Waals surface area (Å²) >= 11 is 0. The second-order valence-electron chi connectivity index (χ2n) is 7.57. The molecule has 0 saturated carbocycles. The van der Waals surface area contributed by atoms with Crippen LogP contribution in [-0.4, -0.2) is 22.0 Å². The Labute approximate surface area is 185 Å². The Morgan fingerprint density at radius 1 is 0.906 bits per heavy atom. The molecule has 6 heteroatoms. The van der Waals surface area contributed by atoms with Crippen LogP contribution in [0.3, 0.4) is 0 Å². The van der Waals surface area contributed by atoms with E-state index >= 15 is 0 Å². The van der Waals surface area contributed by atoms with E-state index in [0.29, 0.717) is 30.3 Å². The number of carbonyl (C=O) groups is 1. The largest absolute Gasteiger partial charge is 0.457 e. The van der Waals surface area contributed by atoms with Gasteiger partial charge in [0.15, 0.2) is 0 Å². The van der Waals surface area contributed by atoms with Crippen molar-refractivity contribution in [3.63, 3.8) is 0 Å². The molecule has 0 fully saturated rings. The Morgan fingerprint density at radius 3 is 2.19 bits per heavy atom. The van der Waals surface area contributed by atoms with Crippen molar-refractivity contribution in [1.82, 2.24) is 14.9 Å². The highest BCUT2D eigenvalue weighted by Crippen LogP contribution is 2.43. The topological polar surface area (TPSA) is 73.2 Å². The first-order chi connectivity index (χ1) is 15.7. The van der Waals surface area contributed by atoms with Crippen LogP contribution in [0.4, 0.5) is 0 Å². The summed E-state index contributed by atoms with van der Waals surface area (Å²) in [5.74, 6) is 0.771. The lowest BCUT2D eigenvalue weighted by molar-refractivity contribution is -0.121. The second kappa shape index (κ2) is 8.51. The molecule has 0 bridgehead atoms. The molecule has 32 heavy (non-hydrogen) atoms. The number of rotatable bonds is 5. The normalized spacial score (nSPS) is 12.4. The zero-order chi connectivity index (χ0) is 21.9. The van der Waals surface area contributed by atoms with Crippen LogP contribution in [0, 0.1) is 0 Å². The highest BCUT2D eigenvalue weighted by atomic mass is 16.5.